The van der Waals surface area contributed by atoms with E-state index in [9.17, 15) is 4.79 Å². The summed E-state index contributed by atoms with van der Waals surface area (Å²) in [5.41, 5.74) is 0.354. The molecule has 0 aliphatic carbocycles. The van der Waals surface area contributed by atoms with E-state index in [0.29, 0.717) is 26.3 Å². The molecule has 0 saturated carbocycles. The number of carbonyl (C=O) groups is 1. The molecule has 6 heteroatoms. The summed E-state index contributed by atoms with van der Waals surface area (Å²) in [5, 5.41) is 7.30. The molecule has 0 aliphatic rings. The zero-order valence-electron chi connectivity index (χ0n) is 16.9. The maximum atomic E-state index is 10.9. The average Bonchev–Trinajstić information content (AvgIpc) is 3.31. The van der Waals surface area contributed by atoms with Crippen LogP contribution in [0.5, 0.6) is 0 Å². The molecule has 2 rings (SSSR count). The Bertz CT molecular complexity index is 917. The fourth-order valence-electron chi connectivity index (χ4n) is 2.28. The van der Waals surface area contributed by atoms with Gasteiger partial charge in [-0.15, -0.1) is 0 Å². The van der Waals surface area contributed by atoms with Crippen LogP contribution < -0.4 is 5.32 Å². The van der Waals surface area contributed by atoms with Crippen molar-refractivity contribution >= 4 is 23.4 Å². The summed E-state index contributed by atoms with van der Waals surface area (Å²) in [6, 6.07) is 5.89. The van der Waals surface area contributed by atoms with E-state index in [2.05, 4.69) is 40.4 Å². The van der Waals surface area contributed by atoms with Gasteiger partial charge in [-0.1, -0.05) is 18.1 Å². The van der Waals surface area contributed by atoms with Crippen LogP contribution in [0, 0.1) is 23.7 Å². The van der Waals surface area contributed by atoms with E-state index in [-0.39, 0.29) is 5.97 Å². The van der Waals surface area contributed by atoms with E-state index in [1.54, 1.807) is 25.2 Å². The van der Waals surface area contributed by atoms with Crippen LogP contribution in [0.2, 0.25) is 0 Å². The predicted molar refractivity (Wildman–Crippen MR) is 115 cm³/mol. The highest BCUT2D eigenvalue weighted by Gasteiger charge is 2.16. The monoisotopic (exact) mass is 411 g/mol. The Hall–Kier alpha value is -2.77. The first-order chi connectivity index (χ1) is 13.9. The Labute approximate surface area is 176 Å². The first kappa shape index (κ1) is 22.5. The lowest BCUT2D eigenvalue weighted by Crippen LogP contribution is -2.24. The molecule has 0 aromatic carbocycles. The third-order valence-corrected chi connectivity index (χ3v) is 4.16. The van der Waals surface area contributed by atoms with Gasteiger partial charge in [0.2, 0.25) is 0 Å². The van der Waals surface area contributed by atoms with Crippen LogP contribution in [0.4, 0.5) is 0 Å². The fraction of sp³-hybridized carbons (Fsp3) is 0.348. The van der Waals surface area contributed by atoms with E-state index < -0.39 is 5.60 Å². The Morgan fingerprint density at radius 1 is 1.28 bits per heavy atom. The van der Waals surface area contributed by atoms with Crippen LogP contribution in [0.25, 0.3) is 6.08 Å². The summed E-state index contributed by atoms with van der Waals surface area (Å²) in [5.74, 6) is 12.4. The summed E-state index contributed by atoms with van der Waals surface area (Å²) >= 11 is 1.67. The molecule has 0 spiro atoms. The molecular weight excluding hydrogens is 386 g/mol. The highest BCUT2D eigenvalue weighted by molar-refractivity contribution is 7.08. The lowest BCUT2D eigenvalue weighted by atomic mass is 10.1. The maximum Gasteiger partial charge on any atom is 0.304 e. The SMILES string of the molecule is CC(=O)OC(C)(C)C#CC#CCNCc1ccc(COC/C=C/c2ccsc2)o1. The van der Waals surface area contributed by atoms with E-state index in [0.717, 1.165) is 11.5 Å². The van der Waals surface area contributed by atoms with Gasteiger partial charge in [0.1, 0.15) is 18.1 Å². The smallest absolute Gasteiger partial charge is 0.304 e. The third kappa shape index (κ3) is 9.82. The van der Waals surface area contributed by atoms with Crippen LogP contribution >= 0.6 is 11.3 Å². The Morgan fingerprint density at radius 3 is 2.86 bits per heavy atom. The number of thiophene rings is 1. The lowest BCUT2D eigenvalue weighted by Gasteiger charge is -2.16. The molecule has 0 fully saturated rings. The van der Waals surface area contributed by atoms with Crippen LogP contribution in [-0.2, 0) is 27.4 Å². The minimum Gasteiger partial charge on any atom is -0.462 e. The lowest BCUT2D eigenvalue weighted by molar-refractivity contribution is -0.148. The molecule has 0 aliphatic heterocycles. The third-order valence-electron chi connectivity index (χ3n) is 3.46. The molecular formula is C23H25NO4S. The molecule has 29 heavy (non-hydrogen) atoms. The van der Waals surface area contributed by atoms with E-state index in [1.807, 2.05) is 29.7 Å². The van der Waals surface area contributed by atoms with Crippen molar-refractivity contribution in [2.75, 3.05) is 13.2 Å². The standard InChI is InChI=1S/C23H25NO4S/c1-19(25)28-23(2,3)12-5-4-6-13-24-16-21-9-10-22(27-21)17-26-14-7-8-20-11-15-29-18-20/h7-11,15,18,24H,13-14,16-17H2,1-3H3/b8-7+. The van der Waals surface area contributed by atoms with Gasteiger partial charge < -0.3 is 13.9 Å². The first-order valence-corrected chi connectivity index (χ1v) is 10.1. The second-order valence-corrected chi connectivity index (χ2v) is 7.38. The number of furan rings is 1. The topological polar surface area (TPSA) is 60.7 Å². The highest BCUT2D eigenvalue weighted by atomic mass is 32.1. The van der Waals surface area contributed by atoms with Crippen molar-refractivity contribution in [3.8, 4) is 23.7 Å². The molecule has 0 unspecified atom stereocenters. The van der Waals surface area contributed by atoms with Crippen molar-refractivity contribution in [2.24, 2.45) is 0 Å². The molecule has 0 atom stereocenters. The Morgan fingerprint density at radius 2 is 2.10 bits per heavy atom. The molecule has 0 amide bonds. The van der Waals surface area contributed by atoms with Gasteiger partial charge in [-0.3, -0.25) is 10.1 Å². The number of rotatable bonds is 9. The molecule has 0 saturated heterocycles. The van der Waals surface area contributed by atoms with Crippen molar-refractivity contribution in [3.63, 3.8) is 0 Å². The van der Waals surface area contributed by atoms with Crippen LogP contribution in [0.3, 0.4) is 0 Å². The summed E-state index contributed by atoms with van der Waals surface area (Å²) in [6.07, 6.45) is 4.03. The van der Waals surface area contributed by atoms with E-state index in [1.165, 1.54) is 12.5 Å². The molecule has 2 aromatic rings. The minimum atomic E-state index is -0.833. The van der Waals surface area contributed by atoms with Crippen LogP contribution in [-0.4, -0.2) is 24.7 Å². The molecule has 5 nitrogen and oxygen atoms in total. The number of esters is 1. The van der Waals surface area contributed by atoms with Crippen molar-refractivity contribution in [3.05, 3.63) is 52.1 Å². The summed E-state index contributed by atoms with van der Waals surface area (Å²) in [6.45, 7) is 6.81. The van der Waals surface area contributed by atoms with Gasteiger partial charge in [-0.05, 0) is 66.1 Å². The van der Waals surface area contributed by atoms with Gasteiger partial charge in [0.05, 0.1) is 19.7 Å². The van der Waals surface area contributed by atoms with Gasteiger partial charge >= 0.3 is 5.97 Å². The molecule has 1 N–H and O–H groups in total. The number of hydrogen-bond acceptors (Lipinski definition) is 6. The van der Waals surface area contributed by atoms with Crippen molar-refractivity contribution in [1.82, 2.24) is 5.32 Å². The molecule has 2 aromatic heterocycles. The summed E-state index contributed by atoms with van der Waals surface area (Å²) in [7, 11) is 0. The molecule has 152 valence electrons. The largest absolute Gasteiger partial charge is 0.462 e. The summed E-state index contributed by atoms with van der Waals surface area (Å²) in [4.78, 5) is 10.9. The van der Waals surface area contributed by atoms with Gasteiger partial charge in [-0.2, -0.15) is 11.3 Å². The van der Waals surface area contributed by atoms with E-state index in [4.69, 9.17) is 13.9 Å². The van der Waals surface area contributed by atoms with Crippen LogP contribution in [0.15, 0.2) is 39.5 Å². The fourth-order valence-corrected chi connectivity index (χ4v) is 2.91. The first-order valence-electron chi connectivity index (χ1n) is 9.19. The minimum absolute atomic E-state index is 0.364. The van der Waals surface area contributed by atoms with Gasteiger partial charge in [-0.25, -0.2) is 0 Å². The quantitative estimate of drug-likeness (QED) is 0.384. The number of ether oxygens (including phenoxy) is 2. The van der Waals surface area contributed by atoms with Crippen molar-refractivity contribution < 1.29 is 18.7 Å². The number of nitrogens with one attached hydrogen (secondary N) is 1. The maximum absolute atomic E-state index is 10.9. The molecule has 0 radical (unpaired) electrons. The van der Waals surface area contributed by atoms with E-state index >= 15 is 0 Å². The molecule has 2 heterocycles. The second kappa shape index (κ2) is 11.9. The van der Waals surface area contributed by atoms with Crippen molar-refractivity contribution in [2.45, 2.75) is 39.5 Å². The zero-order chi connectivity index (χ0) is 21.0. The summed E-state index contributed by atoms with van der Waals surface area (Å²) < 4.78 is 16.4. The molecule has 0 bridgehead atoms. The zero-order valence-corrected chi connectivity index (χ0v) is 17.7. The second-order valence-electron chi connectivity index (χ2n) is 6.60. The predicted octanol–water partition coefficient (Wildman–Crippen LogP) is 4.01. The average molecular weight is 412 g/mol. The Balaban J connectivity index is 1.63. The highest BCUT2D eigenvalue weighted by Crippen LogP contribution is 2.10. The number of carbonyl (C=O) groups excluding carboxylic acids is 1. The van der Waals surface area contributed by atoms with Gasteiger partial charge in [0, 0.05) is 6.92 Å². The number of hydrogen-bond donors (Lipinski definition) is 1. The van der Waals surface area contributed by atoms with Crippen LogP contribution in [0.1, 0.15) is 37.9 Å². The van der Waals surface area contributed by atoms with Gasteiger partial charge in [0.25, 0.3) is 0 Å². The Kier molecular flexibility index (Phi) is 9.27. The van der Waals surface area contributed by atoms with Gasteiger partial charge in [0.15, 0.2) is 5.60 Å². The normalized spacial score (nSPS) is 10.9. The van der Waals surface area contributed by atoms with Crippen molar-refractivity contribution in [1.29, 1.82) is 0 Å².